The summed E-state index contributed by atoms with van der Waals surface area (Å²) >= 11 is 1.63. The van der Waals surface area contributed by atoms with Gasteiger partial charge in [-0.05, 0) is 17.7 Å². The van der Waals surface area contributed by atoms with Gasteiger partial charge in [-0.15, -0.1) is 11.8 Å². The molecule has 1 atom stereocenters. The second kappa shape index (κ2) is 13.9. The lowest BCUT2D eigenvalue weighted by molar-refractivity contribution is -0.142. The molecule has 0 spiro atoms. The van der Waals surface area contributed by atoms with Crippen molar-refractivity contribution < 1.29 is 9.53 Å². The van der Waals surface area contributed by atoms with E-state index in [2.05, 4.69) is 13.2 Å². The normalized spacial score (nSPS) is 11.7. The van der Waals surface area contributed by atoms with Gasteiger partial charge >= 0.3 is 5.97 Å². The van der Waals surface area contributed by atoms with Crippen LogP contribution in [0, 0.1) is 0 Å². The largest absolute Gasteiger partial charge is 0.461 e. The number of carbonyl (C=O) groups is 1. The van der Waals surface area contributed by atoms with Gasteiger partial charge in [0.25, 0.3) is 0 Å². The summed E-state index contributed by atoms with van der Waals surface area (Å²) in [7, 11) is 0. The first kappa shape index (κ1) is 21.2. The van der Waals surface area contributed by atoms with Gasteiger partial charge < -0.3 is 10.5 Å². The molecule has 0 aromatic heterocycles. The minimum atomic E-state index is -0.298. The van der Waals surface area contributed by atoms with Gasteiger partial charge in [-0.1, -0.05) is 63.4 Å². The quantitative estimate of drug-likeness (QED) is 0.414. The Kier molecular flexibility index (Phi) is 12.8. The summed E-state index contributed by atoms with van der Waals surface area (Å²) in [5.74, 6) is 0.378. The summed E-state index contributed by atoms with van der Waals surface area (Å²) in [6, 6.07) is 9.74. The smallest absolute Gasteiger partial charge is 0.307 e. The van der Waals surface area contributed by atoms with Gasteiger partial charge in [0.2, 0.25) is 0 Å². The molecule has 3 nitrogen and oxygen atoms in total. The molecule has 0 amide bonds. The Morgan fingerprint density at radius 3 is 2.52 bits per heavy atom. The SMILES string of the molecule is C=C/C=C(\C=C)COC(=O)CC(N)CSc1ccccc1.CC. The number of benzene rings is 1. The lowest BCUT2D eigenvalue weighted by Gasteiger charge is -2.11. The van der Waals surface area contributed by atoms with Crippen LogP contribution in [0.1, 0.15) is 20.3 Å². The molecule has 0 heterocycles. The van der Waals surface area contributed by atoms with E-state index in [1.807, 2.05) is 44.2 Å². The molecule has 0 aliphatic carbocycles. The number of carbonyl (C=O) groups excluding carboxylic acids is 1. The predicted molar refractivity (Wildman–Crippen MR) is 101 cm³/mol. The molecule has 0 radical (unpaired) electrons. The van der Waals surface area contributed by atoms with E-state index >= 15 is 0 Å². The van der Waals surface area contributed by atoms with Crippen LogP contribution in [0.4, 0.5) is 0 Å². The standard InChI is InChI=1S/C17H21NO2S.C2H6/c1-3-8-14(4-2)12-20-17(19)11-15(18)13-21-16-9-6-5-7-10-16;1-2/h3-10,15H,1-2,11-13,18H2;1-2H3/b14-8+;. The average Bonchev–Trinajstić information content (AvgIpc) is 2.59. The number of esters is 1. The van der Waals surface area contributed by atoms with Crippen LogP contribution in [0.2, 0.25) is 0 Å². The maximum atomic E-state index is 11.7. The molecular weight excluding hydrogens is 306 g/mol. The summed E-state index contributed by atoms with van der Waals surface area (Å²) in [6.45, 7) is 11.4. The van der Waals surface area contributed by atoms with Crippen molar-refractivity contribution in [3.63, 3.8) is 0 Å². The first-order valence-electron chi connectivity index (χ1n) is 7.68. The van der Waals surface area contributed by atoms with Gasteiger partial charge in [-0.25, -0.2) is 0 Å². The highest BCUT2D eigenvalue weighted by atomic mass is 32.2. The highest BCUT2D eigenvalue weighted by molar-refractivity contribution is 7.99. The monoisotopic (exact) mass is 333 g/mol. The molecule has 0 saturated heterocycles. The van der Waals surface area contributed by atoms with E-state index in [0.29, 0.717) is 5.75 Å². The van der Waals surface area contributed by atoms with Gasteiger partial charge in [0.15, 0.2) is 0 Å². The van der Waals surface area contributed by atoms with Gasteiger partial charge in [0.1, 0.15) is 6.61 Å². The zero-order chi connectivity index (χ0) is 17.5. The molecule has 0 bridgehead atoms. The van der Waals surface area contributed by atoms with Crippen molar-refractivity contribution >= 4 is 17.7 Å². The lowest BCUT2D eigenvalue weighted by Crippen LogP contribution is -2.27. The summed E-state index contributed by atoms with van der Waals surface area (Å²) in [5, 5.41) is 0. The maximum Gasteiger partial charge on any atom is 0.307 e. The second-order valence-electron chi connectivity index (χ2n) is 4.43. The lowest BCUT2D eigenvalue weighted by atomic mass is 10.2. The summed E-state index contributed by atoms with van der Waals surface area (Å²) in [4.78, 5) is 12.8. The molecular formula is C19H27NO2S. The van der Waals surface area contributed by atoms with E-state index in [1.54, 1.807) is 30.0 Å². The predicted octanol–water partition coefficient (Wildman–Crippen LogP) is 4.36. The molecule has 1 rings (SSSR count). The molecule has 0 saturated carbocycles. The molecule has 1 aromatic carbocycles. The van der Waals surface area contributed by atoms with Crippen molar-refractivity contribution in [1.29, 1.82) is 0 Å². The zero-order valence-corrected chi connectivity index (χ0v) is 14.9. The van der Waals surface area contributed by atoms with E-state index in [1.165, 1.54) is 0 Å². The van der Waals surface area contributed by atoms with E-state index in [0.717, 1.165) is 10.5 Å². The minimum absolute atomic E-state index is 0.201. The maximum absolute atomic E-state index is 11.7. The third-order valence-corrected chi connectivity index (χ3v) is 3.83. The van der Waals surface area contributed by atoms with Crippen LogP contribution >= 0.6 is 11.8 Å². The Bertz CT molecular complexity index is 497. The molecule has 2 N–H and O–H groups in total. The molecule has 0 fully saturated rings. The van der Waals surface area contributed by atoms with Crippen molar-refractivity contribution in [2.24, 2.45) is 5.73 Å². The molecule has 0 aliphatic heterocycles. The number of hydrogen-bond acceptors (Lipinski definition) is 4. The third-order valence-electron chi connectivity index (χ3n) is 2.63. The first-order valence-corrected chi connectivity index (χ1v) is 8.67. The van der Waals surface area contributed by atoms with E-state index in [-0.39, 0.29) is 25.0 Å². The Labute approximate surface area is 144 Å². The van der Waals surface area contributed by atoms with Gasteiger partial charge in [-0.3, -0.25) is 4.79 Å². The number of nitrogens with two attached hydrogens (primary N) is 1. The molecule has 23 heavy (non-hydrogen) atoms. The third kappa shape index (κ3) is 10.6. The van der Waals surface area contributed by atoms with E-state index < -0.39 is 0 Å². The molecule has 4 heteroatoms. The van der Waals surface area contributed by atoms with E-state index in [4.69, 9.17) is 10.5 Å². The fourth-order valence-electron chi connectivity index (χ4n) is 1.54. The Hall–Kier alpha value is -1.78. The van der Waals surface area contributed by atoms with Crippen LogP contribution < -0.4 is 5.73 Å². The Morgan fingerprint density at radius 1 is 1.30 bits per heavy atom. The number of allylic oxidation sites excluding steroid dienone is 2. The van der Waals surface area contributed by atoms with Crippen LogP contribution in [0.25, 0.3) is 0 Å². The van der Waals surface area contributed by atoms with Crippen LogP contribution in [0.3, 0.4) is 0 Å². The number of ether oxygens (including phenoxy) is 1. The summed E-state index contributed by atoms with van der Waals surface area (Å²) in [6.07, 6.45) is 5.23. The molecule has 0 aliphatic rings. The topological polar surface area (TPSA) is 52.3 Å². The fraction of sp³-hybridized carbons (Fsp3) is 0.316. The molecule has 1 aromatic rings. The average molecular weight is 333 g/mol. The number of hydrogen-bond donors (Lipinski definition) is 1. The van der Waals surface area contributed by atoms with Crippen molar-refractivity contribution in [3.05, 3.63) is 67.3 Å². The molecule has 1 unspecified atom stereocenters. The highest BCUT2D eigenvalue weighted by Gasteiger charge is 2.11. The van der Waals surface area contributed by atoms with Crippen LogP contribution in [0.15, 0.2) is 72.2 Å². The Balaban J connectivity index is 0.00000232. The van der Waals surface area contributed by atoms with Crippen LogP contribution in [-0.2, 0) is 9.53 Å². The Morgan fingerprint density at radius 2 is 1.96 bits per heavy atom. The van der Waals surface area contributed by atoms with Gasteiger partial charge in [0, 0.05) is 16.7 Å². The second-order valence-corrected chi connectivity index (χ2v) is 5.52. The first-order chi connectivity index (χ1) is 11.2. The number of thioether (sulfide) groups is 1. The van der Waals surface area contributed by atoms with Crippen molar-refractivity contribution in [1.82, 2.24) is 0 Å². The van der Waals surface area contributed by atoms with Crippen LogP contribution in [0.5, 0.6) is 0 Å². The number of rotatable bonds is 9. The van der Waals surface area contributed by atoms with Gasteiger partial charge in [-0.2, -0.15) is 0 Å². The fourth-order valence-corrected chi connectivity index (χ4v) is 2.42. The zero-order valence-electron chi connectivity index (χ0n) is 14.0. The summed E-state index contributed by atoms with van der Waals surface area (Å²) in [5.41, 5.74) is 6.76. The van der Waals surface area contributed by atoms with Crippen molar-refractivity contribution in [2.45, 2.75) is 31.2 Å². The van der Waals surface area contributed by atoms with E-state index in [9.17, 15) is 4.79 Å². The summed E-state index contributed by atoms with van der Waals surface area (Å²) < 4.78 is 5.15. The van der Waals surface area contributed by atoms with Crippen molar-refractivity contribution in [3.8, 4) is 0 Å². The molecule has 126 valence electrons. The van der Waals surface area contributed by atoms with Crippen molar-refractivity contribution in [2.75, 3.05) is 12.4 Å². The van der Waals surface area contributed by atoms with Crippen LogP contribution in [-0.4, -0.2) is 24.4 Å². The van der Waals surface area contributed by atoms with Gasteiger partial charge in [0.05, 0.1) is 6.42 Å². The highest BCUT2D eigenvalue weighted by Crippen LogP contribution is 2.18. The minimum Gasteiger partial charge on any atom is -0.461 e.